The summed E-state index contributed by atoms with van der Waals surface area (Å²) < 4.78 is 0. The standard InChI is InChI=1S/C8H8O2S/c9-8(10)6-3-5-1-2-11-7(5)4-6/h1-2,6H,3-4H2,(H,9,10)/t6-/m1/s1. The molecule has 11 heavy (non-hydrogen) atoms. The number of carbonyl (C=O) groups is 1. The van der Waals surface area contributed by atoms with Crippen LogP contribution in [0.1, 0.15) is 10.4 Å². The van der Waals surface area contributed by atoms with Crippen LogP contribution in [0.25, 0.3) is 0 Å². The Morgan fingerprint density at radius 1 is 1.64 bits per heavy atom. The molecule has 0 fully saturated rings. The molecule has 0 bridgehead atoms. The minimum Gasteiger partial charge on any atom is -0.481 e. The van der Waals surface area contributed by atoms with E-state index >= 15 is 0 Å². The Balaban J connectivity index is 2.22. The van der Waals surface area contributed by atoms with Crippen LogP contribution in [0.15, 0.2) is 11.4 Å². The normalized spacial score (nSPS) is 21.6. The summed E-state index contributed by atoms with van der Waals surface area (Å²) in [6.45, 7) is 0. The van der Waals surface area contributed by atoms with Gasteiger partial charge in [-0.3, -0.25) is 4.79 Å². The van der Waals surface area contributed by atoms with E-state index in [2.05, 4.69) is 0 Å². The molecular weight excluding hydrogens is 160 g/mol. The van der Waals surface area contributed by atoms with Gasteiger partial charge in [0.05, 0.1) is 5.92 Å². The van der Waals surface area contributed by atoms with Crippen molar-refractivity contribution in [1.82, 2.24) is 0 Å². The molecule has 1 aliphatic rings. The monoisotopic (exact) mass is 168 g/mol. The first-order valence-electron chi connectivity index (χ1n) is 3.55. The molecule has 0 amide bonds. The van der Waals surface area contributed by atoms with Crippen LogP contribution in [0.4, 0.5) is 0 Å². The summed E-state index contributed by atoms with van der Waals surface area (Å²) in [5.41, 5.74) is 1.24. The second kappa shape index (κ2) is 2.34. The van der Waals surface area contributed by atoms with Crippen molar-refractivity contribution in [2.75, 3.05) is 0 Å². The minimum atomic E-state index is -0.659. The third-order valence-corrected chi connectivity index (χ3v) is 3.07. The highest BCUT2D eigenvalue weighted by Gasteiger charge is 2.27. The second-order valence-electron chi connectivity index (χ2n) is 2.81. The van der Waals surface area contributed by atoms with Gasteiger partial charge in [-0.1, -0.05) is 0 Å². The molecule has 1 aromatic heterocycles. The molecule has 1 aliphatic carbocycles. The van der Waals surface area contributed by atoms with Crippen LogP contribution >= 0.6 is 11.3 Å². The van der Waals surface area contributed by atoms with Crippen molar-refractivity contribution in [2.45, 2.75) is 12.8 Å². The fourth-order valence-corrected chi connectivity index (χ4v) is 2.46. The minimum absolute atomic E-state index is 0.155. The highest BCUT2D eigenvalue weighted by molar-refractivity contribution is 7.10. The molecule has 3 heteroatoms. The summed E-state index contributed by atoms with van der Waals surface area (Å²) in [5, 5.41) is 10.7. The average Bonchev–Trinajstić information content (AvgIpc) is 2.40. The molecule has 0 radical (unpaired) electrons. The van der Waals surface area contributed by atoms with Crippen molar-refractivity contribution >= 4 is 17.3 Å². The first kappa shape index (κ1) is 6.85. The van der Waals surface area contributed by atoms with E-state index in [1.165, 1.54) is 10.4 Å². The van der Waals surface area contributed by atoms with Gasteiger partial charge < -0.3 is 5.11 Å². The molecule has 58 valence electrons. The third-order valence-electron chi connectivity index (χ3n) is 2.09. The van der Waals surface area contributed by atoms with Gasteiger partial charge in [-0.25, -0.2) is 0 Å². The van der Waals surface area contributed by atoms with Gasteiger partial charge in [0.1, 0.15) is 0 Å². The Labute approximate surface area is 68.5 Å². The van der Waals surface area contributed by atoms with Gasteiger partial charge >= 0.3 is 5.97 Å². The largest absolute Gasteiger partial charge is 0.481 e. The van der Waals surface area contributed by atoms with Crippen LogP contribution in [0.5, 0.6) is 0 Å². The molecule has 0 aliphatic heterocycles. The number of rotatable bonds is 1. The highest BCUT2D eigenvalue weighted by atomic mass is 32.1. The van der Waals surface area contributed by atoms with Crippen LogP contribution in [-0.4, -0.2) is 11.1 Å². The van der Waals surface area contributed by atoms with Crippen molar-refractivity contribution < 1.29 is 9.90 Å². The zero-order valence-electron chi connectivity index (χ0n) is 5.91. The van der Waals surface area contributed by atoms with E-state index in [0.29, 0.717) is 0 Å². The molecule has 0 saturated heterocycles. The van der Waals surface area contributed by atoms with Gasteiger partial charge in [-0.15, -0.1) is 11.3 Å². The SMILES string of the molecule is O=C(O)[C@@H]1Cc2ccsc2C1. The quantitative estimate of drug-likeness (QED) is 0.690. The number of carboxylic acids is 1. The van der Waals surface area contributed by atoms with E-state index in [4.69, 9.17) is 5.11 Å². The molecule has 0 unspecified atom stereocenters. The summed E-state index contributed by atoms with van der Waals surface area (Å²) in [4.78, 5) is 11.8. The van der Waals surface area contributed by atoms with Crippen LogP contribution in [0.2, 0.25) is 0 Å². The Hall–Kier alpha value is -0.830. The van der Waals surface area contributed by atoms with Crippen LogP contribution in [0, 0.1) is 5.92 Å². The molecule has 1 atom stereocenters. The van der Waals surface area contributed by atoms with Crippen molar-refractivity contribution in [3.05, 3.63) is 21.9 Å². The molecule has 1 aromatic rings. The molecule has 1 heterocycles. The maximum Gasteiger partial charge on any atom is 0.307 e. The Bertz CT molecular complexity index is 270. The predicted molar refractivity (Wildman–Crippen MR) is 42.9 cm³/mol. The van der Waals surface area contributed by atoms with Gasteiger partial charge in [0.25, 0.3) is 0 Å². The van der Waals surface area contributed by atoms with Crippen LogP contribution in [0.3, 0.4) is 0 Å². The number of carboxylic acid groups (broad SMARTS) is 1. The number of hydrogen-bond acceptors (Lipinski definition) is 2. The van der Waals surface area contributed by atoms with Gasteiger partial charge in [-0.05, 0) is 29.9 Å². The maximum absolute atomic E-state index is 10.6. The van der Waals surface area contributed by atoms with Crippen LogP contribution < -0.4 is 0 Å². The van der Waals surface area contributed by atoms with Crippen molar-refractivity contribution in [2.24, 2.45) is 5.92 Å². The average molecular weight is 168 g/mol. The Morgan fingerprint density at radius 3 is 3.09 bits per heavy atom. The van der Waals surface area contributed by atoms with Crippen LogP contribution in [-0.2, 0) is 17.6 Å². The second-order valence-corrected chi connectivity index (χ2v) is 3.81. The summed E-state index contributed by atoms with van der Waals surface area (Å²) >= 11 is 1.67. The third kappa shape index (κ3) is 1.05. The number of thiophene rings is 1. The zero-order valence-corrected chi connectivity index (χ0v) is 6.73. The lowest BCUT2D eigenvalue weighted by Crippen LogP contribution is -2.12. The molecule has 1 N–H and O–H groups in total. The first-order valence-corrected chi connectivity index (χ1v) is 4.43. The van der Waals surface area contributed by atoms with E-state index in [0.717, 1.165) is 12.8 Å². The van der Waals surface area contributed by atoms with Crippen molar-refractivity contribution in [1.29, 1.82) is 0 Å². The van der Waals surface area contributed by atoms with E-state index in [9.17, 15) is 4.79 Å². The molecule has 0 saturated carbocycles. The molecule has 0 spiro atoms. The maximum atomic E-state index is 10.6. The molecular formula is C8H8O2S. The Morgan fingerprint density at radius 2 is 2.45 bits per heavy atom. The highest BCUT2D eigenvalue weighted by Crippen LogP contribution is 2.30. The van der Waals surface area contributed by atoms with Gasteiger partial charge in [0.15, 0.2) is 0 Å². The van der Waals surface area contributed by atoms with E-state index in [-0.39, 0.29) is 5.92 Å². The predicted octanol–water partition coefficient (Wildman–Crippen LogP) is 1.55. The number of fused-ring (bicyclic) bond motifs is 1. The lowest BCUT2D eigenvalue weighted by molar-refractivity contribution is -0.141. The van der Waals surface area contributed by atoms with Crippen molar-refractivity contribution in [3.63, 3.8) is 0 Å². The first-order chi connectivity index (χ1) is 5.27. The molecule has 2 nitrogen and oxygen atoms in total. The van der Waals surface area contributed by atoms with Crippen molar-refractivity contribution in [3.8, 4) is 0 Å². The summed E-state index contributed by atoms with van der Waals surface area (Å²) in [6, 6.07) is 2.03. The smallest absolute Gasteiger partial charge is 0.307 e. The fraction of sp³-hybridized carbons (Fsp3) is 0.375. The summed E-state index contributed by atoms with van der Waals surface area (Å²) in [6.07, 6.45) is 1.47. The Kier molecular flexibility index (Phi) is 1.46. The summed E-state index contributed by atoms with van der Waals surface area (Å²) in [5.74, 6) is -0.814. The fourth-order valence-electron chi connectivity index (χ4n) is 1.46. The molecule has 0 aromatic carbocycles. The lowest BCUT2D eigenvalue weighted by Gasteiger charge is -1.99. The van der Waals surface area contributed by atoms with E-state index < -0.39 is 5.97 Å². The lowest BCUT2D eigenvalue weighted by atomic mass is 10.1. The summed E-state index contributed by atoms with van der Waals surface area (Å²) in [7, 11) is 0. The number of hydrogen-bond donors (Lipinski definition) is 1. The van der Waals surface area contributed by atoms with Gasteiger partial charge in [-0.2, -0.15) is 0 Å². The van der Waals surface area contributed by atoms with Gasteiger partial charge in [0.2, 0.25) is 0 Å². The number of aliphatic carboxylic acids is 1. The zero-order chi connectivity index (χ0) is 7.84. The van der Waals surface area contributed by atoms with Gasteiger partial charge in [0, 0.05) is 4.88 Å². The van der Waals surface area contributed by atoms with E-state index in [1.54, 1.807) is 11.3 Å². The van der Waals surface area contributed by atoms with E-state index in [1.807, 2.05) is 11.4 Å². The molecule has 2 rings (SSSR count). The topological polar surface area (TPSA) is 37.3 Å².